The van der Waals surface area contributed by atoms with E-state index in [-0.39, 0.29) is 18.3 Å². The highest BCUT2D eigenvalue weighted by atomic mass is 32.2. The maximum atomic E-state index is 11.8. The number of fused-ring (bicyclic) bond motifs is 1. The van der Waals surface area contributed by atoms with E-state index in [4.69, 9.17) is 9.47 Å². The molecular formula is C13H14N2O6S. The summed E-state index contributed by atoms with van der Waals surface area (Å²) in [6.45, 7) is 0.114. The van der Waals surface area contributed by atoms with Gasteiger partial charge in [0.25, 0.3) is 0 Å². The fraction of sp³-hybridized carbons (Fsp3) is 0.385. The SMILES string of the molecule is O=C(Nc1ccc2c(c1)OCO2)C(=O)NC1CCS(=O)(=O)C1. The Balaban J connectivity index is 1.58. The van der Waals surface area contributed by atoms with Gasteiger partial charge in [-0.1, -0.05) is 0 Å². The zero-order chi connectivity index (χ0) is 15.7. The summed E-state index contributed by atoms with van der Waals surface area (Å²) < 4.78 is 32.9. The van der Waals surface area contributed by atoms with Crippen molar-refractivity contribution >= 4 is 27.3 Å². The van der Waals surface area contributed by atoms with Crippen LogP contribution in [0.3, 0.4) is 0 Å². The molecule has 118 valence electrons. The van der Waals surface area contributed by atoms with E-state index in [0.29, 0.717) is 23.6 Å². The third-order valence-electron chi connectivity index (χ3n) is 3.40. The lowest BCUT2D eigenvalue weighted by Gasteiger charge is -2.11. The van der Waals surface area contributed by atoms with Crippen LogP contribution in [0.15, 0.2) is 18.2 Å². The van der Waals surface area contributed by atoms with Crippen LogP contribution in [0.1, 0.15) is 6.42 Å². The van der Waals surface area contributed by atoms with Crippen molar-refractivity contribution in [3.63, 3.8) is 0 Å². The first kappa shape index (κ1) is 14.6. The zero-order valence-electron chi connectivity index (χ0n) is 11.5. The minimum absolute atomic E-state index is 0.0295. The van der Waals surface area contributed by atoms with Crippen molar-refractivity contribution in [2.75, 3.05) is 23.6 Å². The first-order valence-corrected chi connectivity index (χ1v) is 8.47. The van der Waals surface area contributed by atoms with Crippen LogP contribution in [0, 0.1) is 0 Å². The number of carbonyl (C=O) groups is 2. The van der Waals surface area contributed by atoms with Crippen LogP contribution >= 0.6 is 0 Å². The van der Waals surface area contributed by atoms with E-state index in [0.717, 1.165) is 0 Å². The third kappa shape index (κ3) is 3.14. The van der Waals surface area contributed by atoms with E-state index in [2.05, 4.69) is 10.6 Å². The topological polar surface area (TPSA) is 111 Å². The zero-order valence-corrected chi connectivity index (χ0v) is 12.3. The third-order valence-corrected chi connectivity index (χ3v) is 5.17. The fourth-order valence-corrected chi connectivity index (χ4v) is 4.00. The van der Waals surface area contributed by atoms with E-state index in [1.807, 2.05) is 0 Å². The maximum absolute atomic E-state index is 11.8. The molecule has 22 heavy (non-hydrogen) atoms. The highest BCUT2D eigenvalue weighted by Crippen LogP contribution is 2.34. The molecule has 2 heterocycles. The van der Waals surface area contributed by atoms with Gasteiger partial charge in [-0.05, 0) is 18.6 Å². The number of sulfone groups is 1. The molecule has 9 heteroatoms. The maximum Gasteiger partial charge on any atom is 0.313 e. The molecule has 8 nitrogen and oxygen atoms in total. The summed E-state index contributed by atoms with van der Waals surface area (Å²) in [4.78, 5) is 23.6. The second kappa shape index (κ2) is 5.48. The smallest absolute Gasteiger partial charge is 0.313 e. The van der Waals surface area contributed by atoms with Crippen LogP contribution in [0.5, 0.6) is 11.5 Å². The molecule has 0 spiro atoms. The first-order valence-electron chi connectivity index (χ1n) is 6.65. The predicted octanol–water partition coefficient (Wildman–Crippen LogP) is -0.343. The van der Waals surface area contributed by atoms with Gasteiger partial charge >= 0.3 is 11.8 Å². The number of rotatable bonds is 2. The van der Waals surface area contributed by atoms with Gasteiger partial charge in [-0.2, -0.15) is 0 Å². The molecule has 0 aliphatic carbocycles. The molecule has 1 aromatic carbocycles. The number of anilines is 1. The fourth-order valence-electron chi connectivity index (χ4n) is 2.32. The molecule has 0 bridgehead atoms. The van der Waals surface area contributed by atoms with Gasteiger partial charge in [-0.25, -0.2) is 8.42 Å². The molecule has 1 fully saturated rings. The van der Waals surface area contributed by atoms with Crippen LogP contribution < -0.4 is 20.1 Å². The standard InChI is InChI=1S/C13H14N2O6S/c16-12(13(17)15-9-3-4-22(18,19)6-9)14-8-1-2-10-11(5-8)21-7-20-10/h1-2,5,9H,3-4,6-7H2,(H,14,16)(H,15,17). The largest absolute Gasteiger partial charge is 0.454 e. The Hall–Kier alpha value is -2.29. The van der Waals surface area contributed by atoms with Gasteiger partial charge < -0.3 is 20.1 Å². The Labute approximate surface area is 126 Å². The van der Waals surface area contributed by atoms with E-state index >= 15 is 0 Å². The van der Waals surface area contributed by atoms with Crippen LogP contribution in [0.2, 0.25) is 0 Å². The van der Waals surface area contributed by atoms with E-state index < -0.39 is 27.7 Å². The Morgan fingerprint density at radius 3 is 2.64 bits per heavy atom. The first-order chi connectivity index (χ1) is 10.4. The minimum atomic E-state index is -3.11. The molecule has 3 rings (SSSR count). The number of hydrogen-bond donors (Lipinski definition) is 2. The summed E-state index contributed by atoms with van der Waals surface area (Å²) in [6.07, 6.45) is 0.325. The van der Waals surface area contributed by atoms with Crippen LogP contribution in [-0.2, 0) is 19.4 Å². The lowest BCUT2D eigenvalue weighted by Crippen LogP contribution is -2.42. The van der Waals surface area contributed by atoms with Crippen LogP contribution in [0.4, 0.5) is 5.69 Å². The number of nitrogens with one attached hydrogen (secondary N) is 2. The molecule has 2 N–H and O–H groups in total. The Bertz CT molecular complexity index is 730. The van der Waals surface area contributed by atoms with Crippen LogP contribution in [-0.4, -0.2) is 44.6 Å². The van der Waals surface area contributed by atoms with Gasteiger partial charge in [0.1, 0.15) is 0 Å². The Kier molecular flexibility index (Phi) is 3.65. The van der Waals surface area contributed by atoms with Crippen molar-refractivity contribution in [1.29, 1.82) is 0 Å². The second-order valence-corrected chi connectivity index (χ2v) is 7.32. The number of benzene rings is 1. The van der Waals surface area contributed by atoms with Crippen molar-refractivity contribution in [2.45, 2.75) is 12.5 Å². The average molecular weight is 326 g/mol. The molecule has 1 aromatic rings. The predicted molar refractivity (Wildman–Crippen MR) is 76.4 cm³/mol. The highest BCUT2D eigenvalue weighted by molar-refractivity contribution is 7.91. The second-order valence-electron chi connectivity index (χ2n) is 5.10. The molecule has 1 saturated heterocycles. The van der Waals surface area contributed by atoms with Gasteiger partial charge in [0, 0.05) is 17.8 Å². The number of ether oxygens (including phenoxy) is 2. The minimum Gasteiger partial charge on any atom is -0.454 e. The summed E-state index contributed by atoms with van der Waals surface area (Å²) in [7, 11) is -3.11. The summed E-state index contributed by atoms with van der Waals surface area (Å²) in [5.74, 6) is -0.765. The van der Waals surface area contributed by atoms with Crippen molar-refractivity contribution in [3.8, 4) is 11.5 Å². The average Bonchev–Trinajstić information content (AvgIpc) is 3.04. The summed E-state index contributed by atoms with van der Waals surface area (Å²) in [6, 6.07) is 4.24. The van der Waals surface area contributed by atoms with Gasteiger partial charge in [-0.3, -0.25) is 9.59 Å². The highest BCUT2D eigenvalue weighted by Gasteiger charge is 2.30. The van der Waals surface area contributed by atoms with Crippen molar-refractivity contribution < 1.29 is 27.5 Å². The molecule has 2 aliphatic rings. The van der Waals surface area contributed by atoms with Gasteiger partial charge in [0.15, 0.2) is 21.3 Å². The molecule has 1 unspecified atom stereocenters. The van der Waals surface area contributed by atoms with Crippen LogP contribution in [0.25, 0.3) is 0 Å². The quantitative estimate of drug-likeness (QED) is 0.719. The Morgan fingerprint density at radius 2 is 1.91 bits per heavy atom. The van der Waals surface area contributed by atoms with Crippen molar-refractivity contribution in [2.24, 2.45) is 0 Å². The molecule has 0 saturated carbocycles. The van der Waals surface area contributed by atoms with Crippen molar-refractivity contribution in [1.82, 2.24) is 5.32 Å². The molecule has 2 amide bonds. The molecule has 2 aliphatic heterocycles. The normalized spacial score (nSPS) is 21.4. The molecule has 1 atom stereocenters. The molecule has 0 aromatic heterocycles. The molecular weight excluding hydrogens is 312 g/mol. The van der Waals surface area contributed by atoms with E-state index in [1.54, 1.807) is 18.2 Å². The van der Waals surface area contributed by atoms with Gasteiger partial charge in [0.2, 0.25) is 6.79 Å². The summed E-state index contributed by atoms with van der Waals surface area (Å²) in [5, 5.41) is 4.85. The van der Waals surface area contributed by atoms with E-state index in [9.17, 15) is 18.0 Å². The number of hydrogen-bond acceptors (Lipinski definition) is 6. The lowest BCUT2D eigenvalue weighted by molar-refractivity contribution is -0.136. The van der Waals surface area contributed by atoms with Gasteiger partial charge in [-0.15, -0.1) is 0 Å². The summed E-state index contributed by atoms with van der Waals surface area (Å²) in [5.41, 5.74) is 0.392. The Morgan fingerprint density at radius 1 is 1.14 bits per heavy atom. The van der Waals surface area contributed by atoms with Gasteiger partial charge in [0.05, 0.1) is 11.5 Å². The van der Waals surface area contributed by atoms with E-state index in [1.165, 1.54) is 0 Å². The summed E-state index contributed by atoms with van der Waals surface area (Å²) >= 11 is 0. The van der Waals surface area contributed by atoms with Crippen molar-refractivity contribution in [3.05, 3.63) is 18.2 Å². The number of carbonyl (C=O) groups excluding carboxylic acids is 2. The monoisotopic (exact) mass is 326 g/mol. The lowest BCUT2D eigenvalue weighted by atomic mass is 10.2. The number of amides is 2. The molecule has 0 radical (unpaired) electrons.